The lowest BCUT2D eigenvalue weighted by atomic mass is 10.2. The molecule has 11 N–H and O–H groups in total. The van der Waals surface area contributed by atoms with Crippen molar-refractivity contribution in [1.82, 2.24) is 24.6 Å². The van der Waals surface area contributed by atoms with Crippen LogP contribution in [0.3, 0.4) is 0 Å². The van der Waals surface area contributed by atoms with E-state index in [2.05, 4.69) is 24.3 Å². The van der Waals surface area contributed by atoms with Gasteiger partial charge in [0.2, 0.25) is 0 Å². The maximum Gasteiger partial charge on any atom is 0.478 e. The van der Waals surface area contributed by atoms with E-state index in [4.69, 9.17) is 40.3 Å². The number of imidazole rings is 1. The van der Waals surface area contributed by atoms with Gasteiger partial charge in [0.05, 0.1) is 19.0 Å². The number of nitrogens with two attached hydrogens (primary N) is 2. The molecule has 1 fully saturated rings. The van der Waals surface area contributed by atoms with E-state index in [1.165, 1.54) is 12.7 Å². The maximum absolute atomic E-state index is 11.9. The molecular formula is C13H26N7O12P3. The molecule has 1 aliphatic rings. The second kappa shape index (κ2) is 12.2. The molecule has 35 heavy (non-hydrogen) atoms. The van der Waals surface area contributed by atoms with Crippen LogP contribution in [0.15, 0.2) is 12.7 Å². The fraction of sp³-hybridized carbons (Fsp3) is 0.615. The number of rotatable bonds is 10. The highest BCUT2D eigenvalue weighted by molar-refractivity contribution is 7.60. The van der Waals surface area contributed by atoms with E-state index in [1.807, 2.05) is 0 Å². The van der Waals surface area contributed by atoms with Gasteiger partial charge in [-0.25, -0.2) is 33.7 Å². The highest BCUT2D eigenvalue weighted by atomic mass is 31.3. The zero-order chi connectivity index (χ0) is 26.4. The van der Waals surface area contributed by atoms with E-state index >= 15 is 0 Å². The molecule has 0 amide bonds. The summed E-state index contributed by atoms with van der Waals surface area (Å²) in [6.45, 7) is 0.403. The van der Waals surface area contributed by atoms with Crippen molar-refractivity contribution in [2.75, 3.05) is 25.4 Å². The van der Waals surface area contributed by atoms with Gasteiger partial charge in [0.25, 0.3) is 0 Å². The number of nitrogens with one attached hydrogen (secondary N) is 1. The monoisotopic (exact) mass is 565 g/mol. The van der Waals surface area contributed by atoms with Gasteiger partial charge < -0.3 is 45.8 Å². The number of nitrogen functional groups attached to an aromatic ring is 1. The summed E-state index contributed by atoms with van der Waals surface area (Å²) in [5.74, 6) is 0.247. The highest BCUT2D eigenvalue weighted by Gasteiger charge is 2.37. The van der Waals surface area contributed by atoms with E-state index in [0.717, 1.165) is 0 Å². The smallest absolute Gasteiger partial charge is 0.390 e. The Morgan fingerprint density at radius 3 is 2.37 bits per heavy atom. The number of nitrogens with zero attached hydrogens (tertiary/aromatic N) is 4. The minimum atomic E-state index is -5.05. The topological polar surface area (TPSA) is 308 Å². The second-order valence-corrected chi connectivity index (χ2v) is 11.2. The first-order chi connectivity index (χ1) is 16.1. The lowest BCUT2D eigenvalue weighted by Gasteiger charge is -2.18. The van der Waals surface area contributed by atoms with Gasteiger partial charge in [-0.2, -0.15) is 4.31 Å². The van der Waals surface area contributed by atoms with Crippen LogP contribution in [-0.4, -0.2) is 81.0 Å². The standard InChI is InChI=1S/C13H22N7O5P.H4O7P2/c14-2-1-3-19-26(22,23)24-5-9-8(21)4-10(25-9)20-7-18-11-12(15)16-6-17-13(11)20;1-8(2,3)7-9(4,5)6/h6-10,21H,1-5,14H2,(H2,15,16,17)(H2,19,22,23);(H2,1,2,3)(H2,4,5,6)/t8-,9+,10+;/m0./s1. The molecule has 1 aliphatic heterocycles. The minimum Gasteiger partial charge on any atom is -0.390 e. The third-order valence-corrected chi connectivity index (χ3v) is 7.04. The summed E-state index contributed by atoms with van der Waals surface area (Å²) in [5, 5.41) is 12.6. The van der Waals surface area contributed by atoms with Crippen LogP contribution in [0.4, 0.5) is 5.82 Å². The average Bonchev–Trinajstić information content (AvgIpc) is 3.28. The zero-order valence-electron chi connectivity index (χ0n) is 17.8. The van der Waals surface area contributed by atoms with E-state index in [9.17, 15) is 23.7 Å². The van der Waals surface area contributed by atoms with Gasteiger partial charge in [-0.15, -0.1) is 0 Å². The Balaban J connectivity index is 0.000000410. The van der Waals surface area contributed by atoms with Crippen molar-refractivity contribution in [3.8, 4) is 0 Å². The molecule has 2 aromatic rings. The van der Waals surface area contributed by atoms with Gasteiger partial charge >= 0.3 is 23.4 Å². The number of aliphatic hydroxyl groups excluding tert-OH is 1. The molecular weight excluding hydrogens is 539 g/mol. The summed E-state index contributed by atoms with van der Waals surface area (Å²) in [6.07, 6.45) is 1.41. The van der Waals surface area contributed by atoms with Crippen LogP contribution < -0.4 is 16.6 Å². The Morgan fingerprint density at radius 1 is 1.14 bits per heavy atom. The van der Waals surface area contributed by atoms with Gasteiger partial charge in [-0.1, -0.05) is 0 Å². The molecule has 4 atom stereocenters. The maximum atomic E-state index is 11.9. The SMILES string of the molecule is NCCCNP(=O)(O)OC[C@H]1O[C@@H](n2cnc3c(N)ncnc32)C[C@@H]1O.O=P(O)(O)OP(=O)(O)O. The Labute approximate surface area is 197 Å². The average molecular weight is 565 g/mol. The van der Waals surface area contributed by atoms with Crippen molar-refractivity contribution in [3.05, 3.63) is 12.7 Å². The molecule has 0 aromatic carbocycles. The summed E-state index contributed by atoms with van der Waals surface area (Å²) in [7, 11) is -14.1. The summed E-state index contributed by atoms with van der Waals surface area (Å²) in [6, 6.07) is 0. The molecule has 0 bridgehead atoms. The molecule has 22 heteroatoms. The van der Waals surface area contributed by atoms with Gasteiger partial charge in [-0.05, 0) is 13.0 Å². The van der Waals surface area contributed by atoms with Crippen LogP contribution in [-0.2, 0) is 27.3 Å². The number of ether oxygens (including phenoxy) is 1. The van der Waals surface area contributed by atoms with Crippen molar-refractivity contribution in [2.45, 2.75) is 31.3 Å². The fourth-order valence-corrected chi connectivity index (χ4v) is 4.79. The number of phosphoric acid groups is 2. The predicted octanol–water partition coefficient (Wildman–Crippen LogP) is -1.70. The van der Waals surface area contributed by atoms with Crippen LogP contribution in [0.5, 0.6) is 0 Å². The quantitative estimate of drug-likeness (QED) is 0.114. The van der Waals surface area contributed by atoms with E-state index in [0.29, 0.717) is 24.1 Å². The molecule has 1 unspecified atom stereocenters. The number of fused-ring (bicyclic) bond motifs is 1. The molecule has 2 aromatic heterocycles. The van der Waals surface area contributed by atoms with E-state index in [-0.39, 0.29) is 25.4 Å². The Bertz CT molecular complexity index is 1100. The van der Waals surface area contributed by atoms with Crippen LogP contribution in [0.1, 0.15) is 19.1 Å². The van der Waals surface area contributed by atoms with Crippen molar-refractivity contribution < 1.29 is 56.8 Å². The van der Waals surface area contributed by atoms with Gasteiger partial charge in [-0.3, -0.25) is 9.09 Å². The van der Waals surface area contributed by atoms with Crippen LogP contribution in [0.25, 0.3) is 11.2 Å². The highest BCUT2D eigenvalue weighted by Crippen LogP contribution is 2.53. The Kier molecular flexibility index (Phi) is 10.4. The summed E-state index contributed by atoms with van der Waals surface area (Å²) >= 11 is 0. The molecule has 0 spiro atoms. The number of aromatic nitrogens is 4. The van der Waals surface area contributed by atoms with Crippen LogP contribution in [0.2, 0.25) is 0 Å². The van der Waals surface area contributed by atoms with Crippen LogP contribution in [0, 0.1) is 0 Å². The number of aliphatic hydroxyl groups is 1. The van der Waals surface area contributed by atoms with Crippen molar-refractivity contribution in [2.24, 2.45) is 5.73 Å². The normalized spacial score (nSPS) is 22.5. The molecule has 3 rings (SSSR count). The first kappa shape index (κ1) is 29.8. The largest absolute Gasteiger partial charge is 0.478 e. The zero-order valence-corrected chi connectivity index (χ0v) is 20.5. The first-order valence-electron chi connectivity index (χ1n) is 9.63. The lowest BCUT2D eigenvalue weighted by molar-refractivity contribution is -0.0400. The Morgan fingerprint density at radius 2 is 1.80 bits per heavy atom. The van der Waals surface area contributed by atoms with Crippen LogP contribution >= 0.6 is 23.4 Å². The fourth-order valence-electron chi connectivity index (χ4n) is 2.80. The molecule has 0 aliphatic carbocycles. The molecule has 3 heterocycles. The van der Waals surface area contributed by atoms with Crippen molar-refractivity contribution in [3.63, 3.8) is 0 Å². The van der Waals surface area contributed by atoms with Crippen molar-refractivity contribution >= 4 is 40.4 Å². The number of hydrogen-bond donors (Lipinski definition) is 9. The van der Waals surface area contributed by atoms with Gasteiger partial charge in [0.15, 0.2) is 11.5 Å². The summed E-state index contributed by atoms with van der Waals surface area (Å²) in [4.78, 5) is 52.9. The molecule has 200 valence electrons. The molecule has 19 nitrogen and oxygen atoms in total. The first-order valence-corrected chi connectivity index (χ1v) is 14.3. The summed E-state index contributed by atoms with van der Waals surface area (Å²) in [5.41, 5.74) is 12.0. The molecule has 0 radical (unpaired) electrons. The van der Waals surface area contributed by atoms with Crippen molar-refractivity contribution in [1.29, 1.82) is 0 Å². The third-order valence-electron chi connectivity index (χ3n) is 4.22. The summed E-state index contributed by atoms with van der Waals surface area (Å²) < 4.78 is 46.5. The lowest BCUT2D eigenvalue weighted by Crippen LogP contribution is -2.27. The van der Waals surface area contributed by atoms with E-state index in [1.54, 1.807) is 4.57 Å². The second-order valence-electron chi connectivity index (χ2n) is 6.94. The Hall–Kier alpha value is -1.40. The van der Waals surface area contributed by atoms with E-state index < -0.39 is 41.8 Å². The third kappa shape index (κ3) is 9.87. The van der Waals surface area contributed by atoms with Gasteiger partial charge in [0.1, 0.15) is 24.2 Å². The molecule has 1 saturated heterocycles. The number of hydrogen-bond acceptors (Lipinski definition) is 12. The van der Waals surface area contributed by atoms with Gasteiger partial charge in [0, 0.05) is 13.0 Å². The predicted molar refractivity (Wildman–Crippen MR) is 117 cm³/mol. The minimum absolute atomic E-state index is 0.245. The number of anilines is 1. The molecule has 0 saturated carbocycles.